The zero-order valence-electron chi connectivity index (χ0n) is 67.2. The molecule has 24 rings (SSSR count). The number of nitrogens with zero attached hydrogens (tertiary/aromatic N) is 10. The Morgan fingerprint density at radius 2 is 0.298 bits per heavy atom. The van der Waals surface area contributed by atoms with Crippen molar-refractivity contribution in [2.45, 2.75) is 0 Å². The lowest BCUT2D eigenvalue weighted by molar-refractivity contribution is 0.995. The van der Waals surface area contributed by atoms with Crippen LogP contribution in [0.1, 0.15) is 0 Å². The molecule has 580 valence electrons. The summed E-state index contributed by atoms with van der Waals surface area (Å²) in [5.74, 6) is 1.26. The Hall–Kier alpha value is -16.8. The summed E-state index contributed by atoms with van der Waals surface area (Å²) in [7, 11) is 0. The van der Waals surface area contributed by atoms with E-state index in [2.05, 4.69) is 443 Å². The van der Waals surface area contributed by atoms with Crippen LogP contribution in [0.25, 0.3) is 223 Å². The summed E-state index contributed by atoms with van der Waals surface area (Å²) in [6, 6.07) is 158. The van der Waals surface area contributed by atoms with Crippen molar-refractivity contribution in [2.24, 2.45) is 0 Å². The minimum absolute atomic E-state index is 0.632. The molecule has 0 N–H and O–H groups in total. The molecule has 124 heavy (non-hydrogen) atoms. The molecule has 0 radical (unpaired) electrons. The molecule has 0 amide bonds. The van der Waals surface area contributed by atoms with Gasteiger partial charge in [-0.25, -0.2) is 29.9 Å². The molecule has 10 nitrogen and oxygen atoms in total. The van der Waals surface area contributed by atoms with E-state index in [1.807, 2.05) is 24.3 Å². The normalized spacial score (nSPS) is 11.5. The molecule has 0 aliphatic rings. The summed E-state index contributed by atoms with van der Waals surface area (Å²) in [5, 5.41) is 9.39. The van der Waals surface area contributed by atoms with Crippen LogP contribution in [0.5, 0.6) is 0 Å². The highest BCUT2D eigenvalue weighted by Crippen LogP contribution is 2.44. The lowest BCUT2D eigenvalue weighted by atomic mass is 10.0. The van der Waals surface area contributed by atoms with Gasteiger partial charge in [0.1, 0.15) is 0 Å². The number of para-hydroxylation sites is 4. The summed E-state index contributed by atoms with van der Waals surface area (Å²) < 4.78 is 9.21. The molecule has 0 saturated heterocycles. The number of aromatic nitrogens is 10. The molecule has 0 atom stereocenters. The smallest absolute Gasteiger partial charge is 0.235 e. The molecule has 0 fully saturated rings. The van der Waals surface area contributed by atoms with E-state index in [0.717, 1.165) is 178 Å². The average molecular weight is 1580 g/mol. The van der Waals surface area contributed by atoms with Crippen molar-refractivity contribution in [3.05, 3.63) is 449 Å². The van der Waals surface area contributed by atoms with E-state index in [1.165, 1.54) is 32.7 Å². The molecule has 0 bridgehead atoms. The van der Waals surface area contributed by atoms with Crippen LogP contribution < -0.4 is 0 Å². The van der Waals surface area contributed by atoms with Gasteiger partial charge in [-0.3, -0.25) is 9.13 Å². The minimum atomic E-state index is 0.632. The summed E-state index contributed by atoms with van der Waals surface area (Å²) in [6.07, 6.45) is 0. The van der Waals surface area contributed by atoms with E-state index in [4.69, 9.17) is 29.9 Å². The summed E-state index contributed by atoms with van der Waals surface area (Å²) in [6.45, 7) is 0. The van der Waals surface area contributed by atoms with E-state index in [9.17, 15) is 0 Å². The molecule has 10 heteroatoms. The molecule has 0 aliphatic heterocycles. The molecule has 8 heterocycles. The first-order valence-corrected chi connectivity index (χ1v) is 41.9. The van der Waals surface area contributed by atoms with Crippen LogP contribution in [-0.2, 0) is 0 Å². The first-order valence-electron chi connectivity index (χ1n) is 41.9. The van der Waals surface area contributed by atoms with Crippen molar-refractivity contribution in [3.63, 3.8) is 0 Å². The quantitative estimate of drug-likeness (QED) is 0.108. The second kappa shape index (κ2) is 30.8. The van der Waals surface area contributed by atoms with E-state index >= 15 is 0 Å². The van der Waals surface area contributed by atoms with Gasteiger partial charge in [-0.05, 0) is 131 Å². The Kier molecular flexibility index (Phi) is 18.0. The van der Waals surface area contributed by atoms with Gasteiger partial charge in [0.05, 0.1) is 101 Å². The van der Waals surface area contributed by atoms with Crippen molar-refractivity contribution in [3.8, 4) is 136 Å². The van der Waals surface area contributed by atoms with Gasteiger partial charge in [-0.15, -0.1) is 0 Å². The monoisotopic (exact) mass is 1580 g/mol. The Labute approximate surface area is 715 Å². The number of fused-ring (bicyclic) bond motifs is 12. The maximum atomic E-state index is 5.23. The highest BCUT2D eigenvalue weighted by molar-refractivity contribution is 6.15. The van der Waals surface area contributed by atoms with Crippen LogP contribution in [0.3, 0.4) is 0 Å². The Morgan fingerprint density at radius 1 is 0.121 bits per heavy atom. The maximum absolute atomic E-state index is 5.23. The van der Waals surface area contributed by atoms with Gasteiger partial charge >= 0.3 is 0 Å². The van der Waals surface area contributed by atoms with Crippen molar-refractivity contribution in [1.82, 2.24) is 48.2 Å². The molecular weight excluding hydrogens is 1510 g/mol. The number of rotatable bonds is 14. The van der Waals surface area contributed by atoms with Gasteiger partial charge in [0.2, 0.25) is 11.9 Å². The lowest BCUT2D eigenvalue weighted by Gasteiger charge is -2.14. The summed E-state index contributed by atoms with van der Waals surface area (Å²) in [5.41, 5.74) is 31.3. The van der Waals surface area contributed by atoms with E-state index in [-0.39, 0.29) is 0 Å². The zero-order valence-corrected chi connectivity index (χ0v) is 67.2. The lowest BCUT2D eigenvalue weighted by Crippen LogP contribution is -2.04. The number of hydrogen-bond acceptors (Lipinski definition) is 6. The van der Waals surface area contributed by atoms with Crippen molar-refractivity contribution in [2.75, 3.05) is 0 Å². The molecule has 0 unspecified atom stereocenters. The minimum Gasteiger partial charge on any atom is -0.309 e. The molecule has 0 saturated carbocycles. The van der Waals surface area contributed by atoms with Crippen molar-refractivity contribution >= 4 is 87.2 Å². The fourth-order valence-electron chi connectivity index (χ4n) is 18.0. The molecule has 24 aromatic rings. The van der Waals surface area contributed by atoms with Crippen LogP contribution >= 0.6 is 0 Å². The summed E-state index contributed by atoms with van der Waals surface area (Å²) in [4.78, 5) is 31.3. The van der Waals surface area contributed by atoms with E-state index in [1.54, 1.807) is 0 Å². The highest BCUT2D eigenvalue weighted by Gasteiger charge is 2.24. The van der Waals surface area contributed by atoms with Gasteiger partial charge in [0.15, 0.2) is 0 Å². The van der Waals surface area contributed by atoms with Crippen LogP contribution in [-0.4, -0.2) is 48.2 Å². The zero-order chi connectivity index (χ0) is 82.0. The van der Waals surface area contributed by atoms with Crippen LogP contribution in [0.2, 0.25) is 0 Å². The number of hydrogen-bond donors (Lipinski definition) is 0. The van der Waals surface area contributed by atoms with Crippen LogP contribution in [0.4, 0.5) is 0 Å². The molecular formula is C114H74N10. The Bertz CT molecular complexity index is 6990. The largest absolute Gasteiger partial charge is 0.309 e. The maximum Gasteiger partial charge on any atom is 0.235 e. The second-order valence-electron chi connectivity index (χ2n) is 31.3. The van der Waals surface area contributed by atoms with Gasteiger partial charge in [0, 0.05) is 87.6 Å². The van der Waals surface area contributed by atoms with Gasteiger partial charge in [-0.2, -0.15) is 0 Å². The van der Waals surface area contributed by atoms with Crippen LogP contribution in [0, 0.1) is 0 Å². The van der Waals surface area contributed by atoms with Gasteiger partial charge in [0.25, 0.3) is 0 Å². The first kappa shape index (κ1) is 72.4. The van der Waals surface area contributed by atoms with Crippen molar-refractivity contribution < 1.29 is 0 Å². The average Bonchev–Trinajstić information content (AvgIpc) is 1.60. The Morgan fingerprint density at radius 3 is 0.524 bits per heavy atom. The highest BCUT2D eigenvalue weighted by atomic mass is 15.2. The molecule has 16 aromatic carbocycles. The van der Waals surface area contributed by atoms with Gasteiger partial charge < -0.3 is 9.13 Å². The first-order chi connectivity index (χ1) is 61.5. The topological polar surface area (TPSA) is 97.1 Å². The van der Waals surface area contributed by atoms with E-state index < -0.39 is 0 Å². The predicted molar refractivity (Wildman–Crippen MR) is 511 cm³/mol. The number of pyridine rings is 2. The standard InChI is InChI=1S/C58H38N4.C56H36N6/c1-5-17-39(18-6-1)51-35-45(36-52(59-51)40-19-7-2-8-20-40)61-55-27-15-13-25-47(55)49-33-43(29-31-57(49)61)44-30-32-58-50(34-44)48-26-14-16-28-56(48)62(58)46-37-53(41-21-9-3-10-22-41)60-54(38-46)42-23-11-4-12-24-42;1-5-17-37(18-6-1)47-35-48(38-19-7-2-8-20-38)58-55(57-47)61-51-27-15-13-25-43(51)45-33-41(29-31-53(45)61)42-30-32-54-46(34-42)44-26-14-16-28-52(44)62(54)56-59-49(39-21-9-3-10-22-39)36-50(60-56)40-23-11-4-12-24-40/h1-38H;1-36H. The SMILES string of the molecule is c1ccc(-c2cc(-c3ccccc3)nc(-n3c4ccccc4c4cc(-c5ccc6c(c5)c5ccccc5n6-c5nc(-c6ccccc6)cc(-c6ccccc6)n5)ccc43)n2)cc1.c1ccc(-c2cc(-n3c4ccccc4c4cc(-c5ccc6c(c5)c5ccccc5n6-c5cc(-c6ccccc6)nc(-c6ccccc6)c5)ccc43)cc(-c3ccccc3)n2)cc1. The summed E-state index contributed by atoms with van der Waals surface area (Å²) >= 11 is 0. The van der Waals surface area contributed by atoms with Gasteiger partial charge in [-0.1, -0.05) is 340 Å². The number of benzene rings is 16. The van der Waals surface area contributed by atoms with Crippen LogP contribution in [0.15, 0.2) is 449 Å². The second-order valence-corrected chi connectivity index (χ2v) is 31.3. The third kappa shape index (κ3) is 13.1. The fourth-order valence-corrected chi connectivity index (χ4v) is 18.0. The Balaban J connectivity index is 0.000000143. The fraction of sp³-hybridized carbons (Fsp3) is 0. The predicted octanol–water partition coefficient (Wildman–Crippen LogP) is 28.8. The molecule has 8 aromatic heterocycles. The third-order valence-corrected chi connectivity index (χ3v) is 23.9. The van der Waals surface area contributed by atoms with E-state index in [0.29, 0.717) is 11.9 Å². The van der Waals surface area contributed by atoms with Crippen molar-refractivity contribution in [1.29, 1.82) is 0 Å². The molecule has 0 aliphatic carbocycles. The molecule has 0 spiro atoms. The third-order valence-electron chi connectivity index (χ3n) is 23.9.